The van der Waals surface area contributed by atoms with Crippen LogP contribution in [-0.2, 0) is 6.42 Å². The molecule has 1 aromatic rings. The van der Waals surface area contributed by atoms with Crippen LogP contribution in [0.5, 0.6) is 0 Å². The molecule has 0 aliphatic carbocycles. The molecule has 1 atom stereocenters. The van der Waals surface area contributed by atoms with E-state index < -0.39 is 11.6 Å². The summed E-state index contributed by atoms with van der Waals surface area (Å²) >= 11 is 0. The fourth-order valence-corrected chi connectivity index (χ4v) is 1.79. The largest absolute Gasteiger partial charge is 0.319 e. The van der Waals surface area contributed by atoms with Crippen LogP contribution in [0.15, 0.2) is 30.9 Å². The quantitative estimate of drug-likeness (QED) is 0.760. The van der Waals surface area contributed by atoms with Gasteiger partial charge in [0.05, 0.1) is 0 Å². The topological polar surface area (TPSA) is 12.0 Å². The number of rotatable bonds is 5. The van der Waals surface area contributed by atoms with Crippen LogP contribution in [-0.4, -0.2) is 13.6 Å². The van der Waals surface area contributed by atoms with E-state index in [1.807, 2.05) is 20.0 Å². The molecule has 1 aromatic carbocycles. The molecule has 0 fully saturated rings. The Hall–Kier alpha value is -1.22. The third-order valence-corrected chi connectivity index (χ3v) is 2.60. The van der Waals surface area contributed by atoms with E-state index in [1.54, 1.807) is 0 Å². The predicted molar refractivity (Wildman–Crippen MR) is 62.3 cm³/mol. The highest BCUT2D eigenvalue weighted by atomic mass is 19.1. The van der Waals surface area contributed by atoms with Gasteiger partial charge in [-0.1, -0.05) is 13.0 Å². The van der Waals surface area contributed by atoms with Crippen LogP contribution in [0.1, 0.15) is 12.5 Å². The SMILES string of the molecule is C=CC(C)(CNC)Cc1cc(F)cc(F)c1. The van der Waals surface area contributed by atoms with Crippen molar-refractivity contribution in [3.63, 3.8) is 0 Å². The first kappa shape index (κ1) is 12.8. The first-order valence-corrected chi connectivity index (χ1v) is 5.22. The molecule has 0 heterocycles. The van der Waals surface area contributed by atoms with Gasteiger partial charge in [0.25, 0.3) is 0 Å². The number of benzene rings is 1. The smallest absolute Gasteiger partial charge is 0.126 e. The molecule has 0 aliphatic heterocycles. The van der Waals surface area contributed by atoms with E-state index in [1.165, 1.54) is 12.1 Å². The number of hydrogen-bond donors (Lipinski definition) is 1. The van der Waals surface area contributed by atoms with Gasteiger partial charge in [-0.3, -0.25) is 0 Å². The molecule has 0 saturated carbocycles. The van der Waals surface area contributed by atoms with Gasteiger partial charge in [0, 0.05) is 18.0 Å². The van der Waals surface area contributed by atoms with Crippen LogP contribution < -0.4 is 5.32 Å². The lowest BCUT2D eigenvalue weighted by atomic mass is 9.83. The van der Waals surface area contributed by atoms with Gasteiger partial charge in [-0.25, -0.2) is 8.78 Å². The Morgan fingerprint density at radius 3 is 2.31 bits per heavy atom. The Labute approximate surface area is 95.2 Å². The van der Waals surface area contributed by atoms with Gasteiger partial charge in [-0.2, -0.15) is 0 Å². The van der Waals surface area contributed by atoms with Crippen molar-refractivity contribution in [3.8, 4) is 0 Å². The first-order chi connectivity index (χ1) is 7.49. The first-order valence-electron chi connectivity index (χ1n) is 5.22. The molecule has 0 aromatic heterocycles. The van der Waals surface area contributed by atoms with Crippen molar-refractivity contribution in [2.45, 2.75) is 13.3 Å². The van der Waals surface area contributed by atoms with Crippen molar-refractivity contribution in [1.82, 2.24) is 5.32 Å². The van der Waals surface area contributed by atoms with Crippen LogP contribution in [0.4, 0.5) is 8.78 Å². The zero-order valence-corrected chi connectivity index (χ0v) is 9.69. The number of halogens is 2. The fraction of sp³-hybridized carbons (Fsp3) is 0.385. The van der Waals surface area contributed by atoms with E-state index in [4.69, 9.17) is 0 Å². The molecule has 16 heavy (non-hydrogen) atoms. The predicted octanol–water partition coefficient (Wildman–Crippen LogP) is 2.92. The van der Waals surface area contributed by atoms with E-state index in [2.05, 4.69) is 11.9 Å². The van der Waals surface area contributed by atoms with Crippen molar-refractivity contribution in [2.75, 3.05) is 13.6 Å². The third kappa shape index (κ3) is 3.42. The average molecular weight is 225 g/mol. The van der Waals surface area contributed by atoms with Gasteiger partial charge in [0.15, 0.2) is 0 Å². The van der Waals surface area contributed by atoms with Gasteiger partial charge < -0.3 is 5.32 Å². The van der Waals surface area contributed by atoms with Gasteiger partial charge in [0.1, 0.15) is 11.6 Å². The molecule has 0 amide bonds. The summed E-state index contributed by atoms with van der Waals surface area (Å²) in [5.74, 6) is -1.07. The monoisotopic (exact) mass is 225 g/mol. The van der Waals surface area contributed by atoms with Crippen LogP contribution in [0.2, 0.25) is 0 Å². The van der Waals surface area contributed by atoms with Crippen molar-refractivity contribution in [1.29, 1.82) is 0 Å². The average Bonchev–Trinajstić information content (AvgIpc) is 2.16. The molecule has 0 bridgehead atoms. The summed E-state index contributed by atoms with van der Waals surface area (Å²) in [5.41, 5.74) is 0.449. The molecule has 0 spiro atoms. The molecular formula is C13H17F2N. The molecular weight excluding hydrogens is 208 g/mol. The Morgan fingerprint density at radius 2 is 1.88 bits per heavy atom. The third-order valence-electron chi connectivity index (χ3n) is 2.60. The highest BCUT2D eigenvalue weighted by Gasteiger charge is 2.20. The second-order valence-corrected chi connectivity index (χ2v) is 4.34. The van der Waals surface area contributed by atoms with Crippen molar-refractivity contribution in [3.05, 3.63) is 48.1 Å². The summed E-state index contributed by atoms with van der Waals surface area (Å²) in [7, 11) is 1.84. The van der Waals surface area contributed by atoms with E-state index in [0.29, 0.717) is 18.5 Å². The summed E-state index contributed by atoms with van der Waals surface area (Å²) in [4.78, 5) is 0. The summed E-state index contributed by atoms with van der Waals surface area (Å²) in [5, 5.41) is 3.05. The molecule has 1 nitrogen and oxygen atoms in total. The summed E-state index contributed by atoms with van der Waals surface area (Å²) < 4.78 is 26.0. The minimum absolute atomic E-state index is 0.199. The second kappa shape index (κ2) is 5.21. The van der Waals surface area contributed by atoms with Gasteiger partial charge in [-0.05, 0) is 31.2 Å². The summed E-state index contributed by atoms with van der Waals surface area (Å²) in [6.07, 6.45) is 2.37. The molecule has 88 valence electrons. The maximum atomic E-state index is 13.0. The lowest BCUT2D eigenvalue weighted by Gasteiger charge is -2.25. The van der Waals surface area contributed by atoms with Crippen molar-refractivity contribution in [2.24, 2.45) is 5.41 Å². The Kier molecular flexibility index (Phi) is 4.19. The van der Waals surface area contributed by atoms with E-state index in [0.717, 1.165) is 6.07 Å². The Morgan fingerprint density at radius 1 is 1.31 bits per heavy atom. The zero-order chi connectivity index (χ0) is 12.2. The molecule has 0 radical (unpaired) electrons. The fourth-order valence-electron chi connectivity index (χ4n) is 1.79. The number of hydrogen-bond acceptors (Lipinski definition) is 1. The minimum Gasteiger partial charge on any atom is -0.319 e. The van der Waals surface area contributed by atoms with Crippen molar-refractivity contribution >= 4 is 0 Å². The molecule has 0 saturated heterocycles. The van der Waals surface area contributed by atoms with Crippen LogP contribution in [0.3, 0.4) is 0 Å². The van der Waals surface area contributed by atoms with Crippen LogP contribution >= 0.6 is 0 Å². The van der Waals surface area contributed by atoms with E-state index in [9.17, 15) is 8.78 Å². The molecule has 1 N–H and O–H groups in total. The molecule has 1 unspecified atom stereocenters. The zero-order valence-electron chi connectivity index (χ0n) is 9.69. The molecule has 0 aliphatic rings. The van der Waals surface area contributed by atoms with Gasteiger partial charge in [0.2, 0.25) is 0 Å². The van der Waals surface area contributed by atoms with Gasteiger partial charge in [-0.15, -0.1) is 6.58 Å². The highest BCUT2D eigenvalue weighted by Crippen LogP contribution is 2.24. The standard InChI is InChI=1S/C13H17F2N/c1-4-13(2,9-16-3)8-10-5-11(14)7-12(15)6-10/h4-7,16H,1,8-9H2,2-3H3. The Bertz CT molecular complexity index is 356. The Balaban J connectivity index is 2.89. The van der Waals surface area contributed by atoms with E-state index in [-0.39, 0.29) is 5.41 Å². The maximum absolute atomic E-state index is 13.0. The summed E-state index contributed by atoms with van der Waals surface area (Å²) in [6.45, 7) is 6.48. The maximum Gasteiger partial charge on any atom is 0.126 e. The minimum atomic E-state index is -0.536. The lowest BCUT2D eigenvalue weighted by Crippen LogP contribution is -2.29. The highest BCUT2D eigenvalue weighted by molar-refractivity contribution is 5.20. The molecule has 3 heteroatoms. The van der Waals surface area contributed by atoms with E-state index >= 15 is 0 Å². The van der Waals surface area contributed by atoms with Crippen LogP contribution in [0.25, 0.3) is 0 Å². The molecule has 1 rings (SSSR count). The van der Waals surface area contributed by atoms with Crippen molar-refractivity contribution < 1.29 is 8.78 Å². The van der Waals surface area contributed by atoms with Gasteiger partial charge >= 0.3 is 0 Å². The summed E-state index contributed by atoms with van der Waals surface area (Å²) in [6, 6.07) is 3.60. The number of nitrogens with one attached hydrogen (secondary N) is 1. The second-order valence-electron chi connectivity index (χ2n) is 4.34. The lowest BCUT2D eigenvalue weighted by molar-refractivity contribution is 0.404. The van der Waals surface area contributed by atoms with Crippen LogP contribution in [0, 0.1) is 17.0 Å². The normalized spacial score (nSPS) is 14.5.